The first-order chi connectivity index (χ1) is 9.49. The van der Waals surface area contributed by atoms with E-state index < -0.39 is 17.3 Å². The van der Waals surface area contributed by atoms with E-state index in [4.69, 9.17) is 0 Å². The number of benzene rings is 1. The van der Waals surface area contributed by atoms with E-state index in [0.29, 0.717) is 25.2 Å². The summed E-state index contributed by atoms with van der Waals surface area (Å²) in [6.45, 7) is 6.40. The van der Waals surface area contributed by atoms with Crippen molar-refractivity contribution in [3.63, 3.8) is 0 Å². The molecule has 0 aliphatic heterocycles. The van der Waals surface area contributed by atoms with Crippen molar-refractivity contribution in [2.75, 3.05) is 0 Å². The number of hydrogen-bond donors (Lipinski definition) is 1. The van der Waals surface area contributed by atoms with Crippen LogP contribution in [0.25, 0.3) is 0 Å². The van der Waals surface area contributed by atoms with E-state index >= 15 is 0 Å². The van der Waals surface area contributed by atoms with Gasteiger partial charge in [-0.3, -0.25) is 0 Å². The molecule has 0 aromatic heterocycles. The van der Waals surface area contributed by atoms with Crippen molar-refractivity contribution in [1.29, 1.82) is 0 Å². The first-order valence-corrected chi connectivity index (χ1v) is 7.38. The molecule has 1 fully saturated rings. The van der Waals surface area contributed by atoms with Gasteiger partial charge in [-0.25, -0.2) is 0 Å². The first kappa shape index (κ1) is 16.3. The molecule has 118 valence electrons. The van der Waals surface area contributed by atoms with Crippen LogP contribution in [0.5, 0.6) is 0 Å². The number of alkyl halides is 3. The van der Waals surface area contributed by atoms with Crippen molar-refractivity contribution in [2.45, 2.75) is 58.2 Å². The summed E-state index contributed by atoms with van der Waals surface area (Å²) in [6.07, 6.45) is -1.43. The van der Waals surface area contributed by atoms with Crippen molar-refractivity contribution in [2.24, 2.45) is 11.3 Å². The van der Waals surface area contributed by atoms with Crippen LogP contribution in [0.1, 0.15) is 51.2 Å². The van der Waals surface area contributed by atoms with E-state index in [1.54, 1.807) is 0 Å². The second-order valence-corrected chi connectivity index (χ2v) is 7.45. The fourth-order valence-corrected chi connectivity index (χ4v) is 4.03. The normalized spacial score (nSPS) is 29.4. The Morgan fingerprint density at radius 1 is 1.14 bits per heavy atom. The van der Waals surface area contributed by atoms with E-state index in [9.17, 15) is 18.3 Å². The molecule has 1 nitrogen and oxygen atoms in total. The van der Waals surface area contributed by atoms with Gasteiger partial charge in [0.25, 0.3) is 0 Å². The molecule has 1 aliphatic rings. The Hall–Kier alpha value is -1.03. The second-order valence-electron chi connectivity index (χ2n) is 7.45. The molecule has 0 spiro atoms. The van der Waals surface area contributed by atoms with Crippen molar-refractivity contribution in [3.8, 4) is 0 Å². The lowest BCUT2D eigenvalue weighted by atomic mass is 9.64. The highest BCUT2D eigenvalue weighted by Gasteiger charge is 2.41. The quantitative estimate of drug-likeness (QED) is 0.829. The average Bonchev–Trinajstić information content (AvgIpc) is 2.23. The van der Waals surface area contributed by atoms with E-state index in [-0.39, 0.29) is 5.41 Å². The maximum absolute atomic E-state index is 12.6. The van der Waals surface area contributed by atoms with E-state index in [2.05, 4.69) is 20.8 Å². The van der Waals surface area contributed by atoms with E-state index in [0.717, 1.165) is 24.1 Å². The Bertz CT molecular complexity index is 490. The molecule has 0 bridgehead atoms. The molecule has 1 saturated carbocycles. The zero-order valence-electron chi connectivity index (χ0n) is 12.8. The van der Waals surface area contributed by atoms with Gasteiger partial charge in [-0.1, -0.05) is 32.9 Å². The summed E-state index contributed by atoms with van der Waals surface area (Å²) in [6, 6.07) is 5.15. The van der Waals surface area contributed by atoms with Crippen LogP contribution in [-0.4, -0.2) is 10.7 Å². The van der Waals surface area contributed by atoms with Gasteiger partial charge < -0.3 is 5.11 Å². The monoisotopic (exact) mass is 300 g/mol. The fraction of sp³-hybridized carbons (Fsp3) is 0.647. The molecule has 1 aromatic carbocycles. The van der Waals surface area contributed by atoms with Crippen LogP contribution >= 0.6 is 0 Å². The molecular weight excluding hydrogens is 277 g/mol. The Kier molecular flexibility index (Phi) is 4.13. The minimum atomic E-state index is -4.31. The van der Waals surface area contributed by atoms with Gasteiger partial charge in [-0.05, 0) is 48.3 Å². The van der Waals surface area contributed by atoms with Gasteiger partial charge in [0, 0.05) is 6.42 Å². The summed E-state index contributed by atoms with van der Waals surface area (Å²) < 4.78 is 37.7. The average molecular weight is 300 g/mol. The van der Waals surface area contributed by atoms with Crippen molar-refractivity contribution in [1.82, 2.24) is 0 Å². The summed E-state index contributed by atoms with van der Waals surface area (Å²) in [4.78, 5) is 0. The van der Waals surface area contributed by atoms with Crippen LogP contribution in [0.2, 0.25) is 0 Å². The third-order valence-electron chi connectivity index (χ3n) is 4.25. The Morgan fingerprint density at radius 3 is 2.19 bits per heavy atom. The van der Waals surface area contributed by atoms with Crippen LogP contribution in [0.3, 0.4) is 0 Å². The third kappa shape index (κ3) is 4.22. The van der Waals surface area contributed by atoms with Gasteiger partial charge in [-0.2, -0.15) is 13.2 Å². The predicted octanol–water partition coefficient (Wildman–Crippen LogP) is 4.83. The highest BCUT2D eigenvalue weighted by Crippen LogP contribution is 2.45. The van der Waals surface area contributed by atoms with E-state index in [1.807, 2.05) is 0 Å². The summed E-state index contributed by atoms with van der Waals surface area (Å²) in [7, 11) is 0. The molecule has 1 N–H and O–H groups in total. The Balaban J connectivity index is 2.13. The molecule has 0 saturated heterocycles. The molecule has 1 aliphatic carbocycles. The topological polar surface area (TPSA) is 20.2 Å². The maximum Gasteiger partial charge on any atom is 0.416 e. The lowest BCUT2D eigenvalue weighted by Crippen LogP contribution is -2.43. The number of halogens is 3. The standard InChI is InChI=1S/C17H23F3O/c1-12-8-15(2,3)11-16(21,9-12)10-13-4-6-14(7-5-13)17(18,19)20/h4-7,12,21H,8-11H2,1-3H3. The highest BCUT2D eigenvalue weighted by atomic mass is 19.4. The Morgan fingerprint density at radius 2 is 1.71 bits per heavy atom. The molecule has 2 atom stereocenters. The summed E-state index contributed by atoms with van der Waals surface area (Å²) in [5.41, 5.74) is -0.634. The zero-order valence-corrected chi connectivity index (χ0v) is 12.8. The molecule has 0 amide bonds. The van der Waals surface area contributed by atoms with Gasteiger partial charge in [0.05, 0.1) is 11.2 Å². The van der Waals surface area contributed by atoms with Gasteiger partial charge in [0.1, 0.15) is 0 Å². The number of hydrogen-bond acceptors (Lipinski definition) is 1. The van der Waals surface area contributed by atoms with Crippen LogP contribution in [0.15, 0.2) is 24.3 Å². The van der Waals surface area contributed by atoms with Gasteiger partial charge in [-0.15, -0.1) is 0 Å². The first-order valence-electron chi connectivity index (χ1n) is 7.38. The SMILES string of the molecule is CC1CC(C)(C)CC(O)(Cc2ccc(C(F)(F)F)cc2)C1. The van der Waals surface area contributed by atoms with Crippen molar-refractivity contribution in [3.05, 3.63) is 35.4 Å². The second kappa shape index (κ2) is 5.31. The summed E-state index contributed by atoms with van der Waals surface area (Å²) in [5, 5.41) is 10.8. The summed E-state index contributed by atoms with van der Waals surface area (Å²) in [5.74, 6) is 0.424. The molecule has 1 aromatic rings. The van der Waals surface area contributed by atoms with Gasteiger partial charge in [0.2, 0.25) is 0 Å². The van der Waals surface area contributed by atoms with Crippen molar-refractivity contribution >= 4 is 0 Å². The van der Waals surface area contributed by atoms with E-state index in [1.165, 1.54) is 12.1 Å². The maximum atomic E-state index is 12.6. The number of rotatable bonds is 2. The molecular formula is C17H23F3O. The lowest BCUT2D eigenvalue weighted by molar-refractivity contribution is -0.137. The van der Waals surface area contributed by atoms with Gasteiger partial charge >= 0.3 is 6.18 Å². The minimum Gasteiger partial charge on any atom is -0.390 e. The largest absolute Gasteiger partial charge is 0.416 e. The van der Waals surface area contributed by atoms with Crippen LogP contribution < -0.4 is 0 Å². The van der Waals surface area contributed by atoms with Gasteiger partial charge in [0.15, 0.2) is 0 Å². The minimum absolute atomic E-state index is 0.0678. The third-order valence-corrected chi connectivity index (χ3v) is 4.25. The molecule has 2 unspecified atom stereocenters. The zero-order chi connectivity index (χ0) is 15.9. The summed E-state index contributed by atoms with van der Waals surface area (Å²) >= 11 is 0. The molecule has 4 heteroatoms. The van der Waals surface area contributed by atoms with Crippen LogP contribution in [0, 0.1) is 11.3 Å². The fourth-order valence-electron chi connectivity index (χ4n) is 4.03. The lowest BCUT2D eigenvalue weighted by Gasteiger charge is -2.44. The predicted molar refractivity (Wildman–Crippen MR) is 76.9 cm³/mol. The molecule has 2 rings (SSSR count). The highest BCUT2D eigenvalue weighted by molar-refractivity contribution is 5.26. The van der Waals surface area contributed by atoms with Crippen molar-refractivity contribution < 1.29 is 18.3 Å². The van der Waals surface area contributed by atoms with Crippen LogP contribution in [-0.2, 0) is 12.6 Å². The number of aliphatic hydroxyl groups is 1. The molecule has 0 radical (unpaired) electrons. The smallest absolute Gasteiger partial charge is 0.390 e. The molecule has 0 heterocycles. The Labute approximate surface area is 124 Å². The molecule has 21 heavy (non-hydrogen) atoms. The van der Waals surface area contributed by atoms with Crippen LogP contribution in [0.4, 0.5) is 13.2 Å².